The largest absolute Gasteiger partial charge is 0.497 e. The zero-order chi connectivity index (χ0) is 25.2. The lowest BCUT2D eigenvalue weighted by atomic mass is 10.1. The number of aromatic nitrogens is 2. The Morgan fingerprint density at radius 3 is 2.23 bits per heavy atom. The van der Waals surface area contributed by atoms with Gasteiger partial charge >= 0.3 is 12.8 Å². The molecular weight excluding hydrogens is 473 g/mol. The van der Waals surface area contributed by atoms with Gasteiger partial charge in [-0.25, -0.2) is 4.98 Å². The van der Waals surface area contributed by atoms with E-state index in [-0.39, 0.29) is 22.9 Å². The second-order valence-corrected chi connectivity index (χ2v) is 7.38. The average molecular weight is 491 g/mol. The minimum absolute atomic E-state index is 0.0852. The van der Waals surface area contributed by atoms with Crippen LogP contribution in [0.2, 0.25) is 0 Å². The first kappa shape index (κ1) is 24.0. The van der Waals surface area contributed by atoms with Gasteiger partial charge in [0.25, 0.3) is 5.56 Å². The molecular formula is C24H18F5N3O3. The van der Waals surface area contributed by atoms with Crippen LogP contribution in [-0.4, -0.2) is 36.0 Å². The molecule has 0 aliphatic rings. The number of ether oxygens (including phenoxy) is 2. The van der Waals surface area contributed by atoms with Crippen molar-refractivity contribution in [2.75, 3.05) is 19.0 Å². The number of rotatable bonds is 7. The summed E-state index contributed by atoms with van der Waals surface area (Å²) in [6.07, 6.45) is -4.46. The van der Waals surface area contributed by atoms with E-state index in [2.05, 4.69) is 15.0 Å². The van der Waals surface area contributed by atoms with Crippen LogP contribution < -0.4 is 20.3 Å². The van der Waals surface area contributed by atoms with Gasteiger partial charge in [0.1, 0.15) is 29.5 Å². The third-order valence-corrected chi connectivity index (χ3v) is 5.04. The number of nitrogens with zero attached hydrogens (tertiary/aromatic N) is 2. The fraction of sp³-hybridized carbons (Fsp3) is 0.167. The molecule has 0 radical (unpaired) electrons. The quantitative estimate of drug-likeness (QED) is 0.339. The molecule has 0 fully saturated rings. The molecule has 182 valence electrons. The van der Waals surface area contributed by atoms with Crippen LogP contribution in [0.5, 0.6) is 11.5 Å². The first-order valence-electron chi connectivity index (χ1n) is 10.2. The van der Waals surface area contributed by atoms with E-state index < -0.39 is 24.9 Å². The molecule has 0 atom stereocenters. The summed E-state index contributed by atoms with van der Waals surface area (Å²) < 4.78 is 73.8. The van der Waals surface area contributed by atoms with Crippen LogP contribution in [-0.2, 0) is 0 Å². The number of methoxy groups -OCH3 is 1. The fourth-order valence-electron chi connectivity index (χ4n) is 3.47. The summed E-state index contributed by atoms with van der Waals surface area (Å²) >= 11 is 0. The molecule has 4 rings (SSSR count). The molecule has 0 amide bonds. The summed E-state index contributed by atoms with van der Waals surface area (Å²) in [5, 5.41) is 2.67. The number of alkyl halides is 5. The van der Waals surface area contributed by atoms with Crippen LogP contribution >= 0.6 is 0 Å². The lowest BCUT2D eigenvalue weighted by molar-refractivity contribution is -0.115. The van der Waals surface area contributed by atoms with Gasteiger partial charge in [0.15, 0.2) is 0 Å². The molecule has 0 bridgehead atoms. The zero-order valence-corrected chi connectivity index (χ0v) is 18.1. The molecule has 35 heavy (non-hydrogen) atoms. The van der Waals surface area contributed by atoms with E-state index in [9.17, 15) is 26.7 Å². The highest BCUT2D eigenvalue weighted by Gasteiger charge is 2.27. The SMILES string of the molecule is COc1ccc(-c2cc3ccc(NCC(F)(F)F)nc3n(-c3ccc(OC(F)F)cc3)c2=O)cc1. The van der Waals surface area contributed by atoms with Gasteiger partial charge in [-0.05, 0) is 60.2 Å². The zero-order valence-electron chi connectivity index (χ0n) is 18.1. The van der Waals surface area contributed by atoms with Gasteiger partial charge < -0.3 is 14.8 Å². The van der Waals surface area contributed by atoms with E-state index in [4.69, 9.17) is 4.74 Å². The Hall–Kier alpha value is -4.15. The molecule has 11 heteroatoms. The van der Waals surface area contributed by atoms with Crippen LogP contribution in [0, 0.1) is 0 Å². The van der Waals surface area contributed by atoms with Crippen LogP contribution in [0.25, 0.3) is 27.8 Å². The fourth-order valence-corrected chi connectivity index (χ4v) is 3.47. The summed E-state index contributed by atoms with van der Waals surface area (Å²) in [5.74, 6) is 0.386. The molecule has 0 unspecified atom stereocenters. The van der Waals surface area contributed by atoms with Crippen molar-refractivity contribution >= 4 is 16.9 Å². The number of fused-ring (bicyclic) bond motifs is 1. The Bertz CT molecular complexity index is 1390. The smallest absolute Gasteiger partial charge is 0.405 e. The van der Waals surface area contributed by atoms with Crippen molar-refractivity contribution in [2.24, 2.45) is 0 Å². The molecule has 0 aliphatic carbocycles. The van der Waals surface area contributed by atoms with Crippen molar-refractivity contribution in [1.29, 1.82) is 0 Å². The standard InChI is InChI=1S/C24H18F5N3O3/c1-34-17-7-2-14(3-8-17)19-12-15-4-11-20(30-13-24(27,28)29)31-21(15)32(22(19)33)16-5-9-18(10-6-16)35-23(25)26/h2-12,23H,13H2,1H3,(H,30,31). The number of halogens is 5. The Kier molecular flexibility index (Phi) is 6.59. The molecule has 0 aliphatic heterocycles. The third kappa shape index (κ3) is 5.51. The topological polar surface area (TPSA) is 65.4 Å². The van der Waals surface area contributed by atoms with Gasteiger partial charge in [0.05, 0.1) is 12.8 Å². The average Bonchev–Trinajstić information content (AvgIpc) is 2.82. The summed E-state index contributed by atoms with van der Waals surface area (Å²) in [5.41, 5.74) is 0.708. The summed E-state index contributed by atoms with van der Waals surface area (Å²) in [7, 11) is 1.51. The molecule has 2 heterocycles. The Morgan fingerprint density at radius 2 is 1.63 bits per heavy atom. The predicted octanol–water partition coefficient (Wildman–Crippen LogP) is 5.64. The number of anilines is 1. The first-order chi connectivity index (χ1) is 16.6. The molecule has 1 N–H and O–H groups in total. The number of hydrogen-bond acceptors (Lipinski definition) is 5. The van der Waals surface area contributed by atoms with E-state index in [0.717, 1.165) is 0 Å². The van der Waals surface area contributed by atoms with Crippen molar-refractivity contribution in [1.82, 2.24) is 9.55 Å². The number of benzene rings is 2. The Labute approximate surface area is 195 Å². The monoisotopic (exact) mass is 491 g/mol. The van der Waals surface area contributed by atoms with Gasteiger partial charge in [-0.3, -0.25) is 9.36 Å². The maximum absolute atomic E-state index is 13.6. The molecule has 0 saturated heterocycles. The minimum Gasteiger partial charge on any atom is -0.497 e. The molecule has 4 aromatic rings. The molecule has 6 nitrogen and oxygen atoms in total. The van der Waals surface area contributed by atoms with Gasteiger partial charge in [0.2, 0.25) is 0 Å². The van der Waals surface area contributed by atoms with Crippen LogP contribution in [0.15, 0.2) is 71.5 Å². The maximum atomic E-state index is 13.6. The van der Waals surface area contributed by atoms with E-state index in [1.54, 1.807) is 30.3 Å². The van der Waals surface area contributed by atoms with Gasteiger partial charge in [-0.2, -0.15) is 22.0 Å². The van der Waals surface area contributed by atoms with Crippen molar-refractivity contribution in [3.05, 3.63) is 77.1 Å². The van der Waals surface area contributed by atoms with Crippen molar-refractivity contribution in [3.8, 4) is 28.3 Å². The predicted molar refractivity (Wildman–Crippen MR) is 121 cm³/mol. The van der Waals surface area contributed by atoms with E-state index >= 15 is 0 Å². The van der Waals surface area contributed by atoms with E-state index in [1.807, 2.05) is 0 Å². The van der Waals surface area contributed by atoms with Crippen molar-refractivity contribution in [2.45, 2.75) is 12.8 Å². The van der Waals surface area contributed by atoms with Crippen molar-refractivity contribution < 1.29 is 31.4 Å². The van der Waals surface area contributed by atoms with Gasteiger partial charge in [-0.15, -0.1) is 0 Å². The summed E-state index contributed by atoms with van der Waals surface area (Å²) in [6.45, 7) is -4.33. The van der Waals surface area contributed by atoms with Crippen LogP contribution in [0.4, 0.5) is 27.8 Å². The molecule has 2 aromatic carbocycles. The second kappa shape index (κ2) is 9.61. The van der Waals surface area contributed by atoms with Gasteiger partial charge in [-0.1, -0.05) is 12.1 Å². The minimum atomic E-state index is -4.46. The Balaban J connectivity index is 1.89. The summed E-state index contributed by atoms with van der Waals surface area (Å²) in [6, 6.07) is 16.5. The number of nitrogens with one attached hydrogen (secondary N) is 1. The summed E-state index contributed by atoms with van der Waals surface area (Å²) in [4.78, 5) is 17.8. The molecule has 2 aromatic heterocycles. The Morgan fingerprint density at radius 1 is 0.971 bits per heavy atom. The van der Waals surface area contributed by atoms with E-state index in [1.165, 1.54) is 48.1 Å². The maximum Gasteiger partial charge on any atom is 0.405 e. The normalized spacial score (nSPS) is 11.6. The third-order valence-electron chi connectivity index (χ3n) is 5.04. The highest BCUT2D eigenvalue weighted by molar-refractivity contribution is 5.84. The highest BCUT2D eigenvalue weighted by atomic mass is 19.4. The number of hydrogen-bond donors (Lipinski definition) is 1. The number of pyridine rings is 2. The lowest BCUT2D eigenvalue weighted by Gasteiger charge is -2.15. The van der Waals surface area contributed by atoms with Gasteiger partial charge in [0, 0.05) is 10.9 Å². The molecule has 0 spiro atoms. The highest BCUT2D eigenvalue weighted by Crippen LogP contribution is 2.27. The second-order valence-electron chi connectivity index (χ2n) is 7.38. The molecule has 0 saturated carbocycles. The lowest BCUT2D eigenvalue weighted by Crippen LogP contribution is -2.23. The van der Waals surface area contributed by atoms with Crippen LogP contribution in [0.3, 0.4) is 0 Å². The first-order valence-corrected chi connectivity index (χ1v) is 10.2. The van der Waals surface area contributed by atoms with E-state index in [0.29, 0.717) is 22.3 Å². The van der Waals surface area contributed by atoms with Crippen molar-refractivity contribution in [3.63, 3.8) is 0 Å². The van der Waals surface area contributed by atoms with Crippen LogP contribution in [0.1, 0.15) is 0 Å².